The predicted octanol–water partition coefficient (Wildman–Crippen LogP) is 2.58. The van der Waals surface area contributed by atoms with Crippen molar-refractivity contribution in [1.82, 2.24) is 10.3 Å². The SMILES string of the molecule is CCOC1(C(NC)c2cc(C)cnc2N)CCCC1. The van der Waals surface area contributed by atoms with E-state index in [2.05, 4.69) is 23.3 Å². The van der Waals surface area contributed by atoms with Crippen molar-refractivity contribution in [2.75, 3.05) is 19.4 Å². The third-order valence-electron chi connectivity index (χ3n) is 4.09. The molecular formula is C15H25N3O. The van der Waals surface area contributed by atoms with Gasteiger partial charge in [-0.25, -0.2) is 4.98 Å². The molecular weight excluding hydrogens is 238 g/mol. The number of pyridine rings is 1. The van der Waals surface area contributed by atoms with Gasteiger partial charge in [0.25, 0.3) is 0 Å². The fraction of sp³-hybridized carbons (Fsp3) is 0.667. The smallest absolute Gasteiger partial charge is 0.128 e. The van der Waals surface area contributed by atoms with E-state index >= 15 is 0 Å². The molecule has 1 unspecified atom stereocenters. The number of aromatic nitrogens is 1. The Balaban J connectivity index is 2.39. The minimum absolute atomic E-state index is 0.113. The highest BCUT2D eigenvalue weighted by atomic mass is 16.5. The van der Waals surface area contributed by atoms with Crippen LogP contribution in [0.15, 0.2) is 12.3 Å². The van der Waals surface area contributed by atoms with E-state index in [0.717, 1.165) is 30.6 Å². The molecule has 0 bridgehead atoms. The molecule has 0 saturated heterocycles. The van der Waals surface area contributed by atoms with Gasteiger partial charge in [0.1, 0.15) is 5.82 Å². The molecule has 1 atom stereocenters. The molecule has 0 amide bonds. The Morgan fingerprint density at radius 3 is 2.74 bits per heavy atom. The van der Waals surface area contributed by atoms with Crippen molar-refractivity contribution in [3.8, 4) is 0 Å². The number of nitrogen functional groups attached to an aromatic ring is 1. The maximum Gasteiger partial charge on any atom is 0.128 e. The highest BCUT2D eigenvalue weighted by Gasteiger charge is 2.43. The zero-order valence-electron chi connectivity index (χ0n) is 12.2. The van der Waals surface area contributed by atoms with Crippen molar-refractivity contribution in [1.29, 1.82) is 0 Å². The molecule has 19 heavy (non-hydrogen) atoms. The molecule has 1 aliphatic rings. The quantitative estimate of drug-likeness (QED) is 0.857. The third-order valence-corrected chi connectivity index (χ3v) is 4.09. The van der Waals surface area contributed by atoms with Gasteiger partial charge in [-0.3, -0.25) is 0 Å². The second kappa shape index (κ2) is 5.88. The Labute approximate surface area is 115 Å². The van der Waals surface area contributed by atoms with E-state index in [1.165, 1.54) is 12.8 Å². The van der Waals surface area contributed by atoms with Gasteiger partial charge in [-0.05, 0) is 45.4 Å². The molecule has 3 N–H and O–H groups in total. The molecule has 1 fully saturated rings. The molecule has 4 heteroatoms. The Morgan fingerprint density at radius 2 is 2.16 bits per heavy atom. The summed E-state index contributed by atoms with van der Waals surface area (Å²) >= 11 is 0. The van der Waals surface area contributed by atoms with E-state index < -0.39 is 0 Å². The summed E-state index contributed by atoms with van der Waals surface area (Å²) in [7, 11) is 1.98. The first-order valence-corrected chi connectivity index (χ1v) is 7.16. The number of aryl methyl sites for hydroxylation is 1. The third kappa shape index (κ3) is 2.74. The van der Waals surface area contributed by atoms with E-state index in [0.29, 0.717) is 5.82 Å². The number of likely N-dealkylation sites (N-methyl/N-ethyl adjacent to an activating group) is 1. The van der Waals surface area contributed by atoms with Gasteiger partial charge in [0.05, 0.1) is 11.6 Å². The first-order valence-electron chi connectivity index (χ1n) is 7.16. The Bertz CT molecular complexity index is 427. The second-order valence-corrected chi connectivity index (χ2v) is 5.41. The first-order chi connectivity index (χ1) is 9.13. The van der Waals surface area contributed by atoms with Crippen LogP contribution < -0.4 is 11.1 Å². The maximum atomic E-state index is 6.15. The average Bonchev–Trinajstić information content (AvgIpc) is 2.84. The molecule has 0 spiro atoms. The summed E-state index contributed by atoms with van der Waals surface area (Å²) in [5, 5.41) is 3.41. The van der Waals surface area contributed by atoms with Crippen molar-refractivity contribution in [3.05, 3.63) is 23.4 Å². The Hall–Kier alpha value is -1.13. The molecule has 1 aromatic rings. The number of nitrogens with one attached hydrogen (secondary N) is 1. The predicted molar refractivity (Wildman–Crippen MR) is 78.0 cm³/mol. The summed E-state index contributed by atoms with van der Waals surface area (Å²) < 4.78 is 6.15. The van der Waals surface area contributed by atoms with Crippen LogP contribution in [0.5, 0.6) is 0 Å². The maximum absolute atomic E-state index is 6.15. The van der Waals surface area contributed by atoms with E-state index in [1.807, 2.05) is 20.2 Å². The highest BCUT2D eigenvalue weighted by molar-refractivity contribution is 5.44. The lowest BCUT2D eigenvalue weighted by molar-refractivity contribution is -0.0609. The van der Waals surface area contributed by atoms with Crippen molar-refractivity contribution in [2.24, 2.45) is 0 Å². The van der Waals surface area contributed by atoms with Gasteiger partial charge in [0.15, 0.2) is 0 Å². The van der Waals surface area contributed by atoms with Crippen LogP contribution in [-0.4, -0.2) is 24.2 Å². The highest BCUT2D eigenvalue weighted by Crippen LogP contribution is 2.43. The molecule has 1 aliphatic carbocycles. The van der Waals surface area contributed by atoms with Gasteiger partial charge in [-0.15, -0.1) is 0 Å². The van der Waals surface area contributed by atoms with E-state index in [9.17, 15) is 0 Å². The first kappa shape index (κ1) is 14.3. The summed E-state index contributed by atoms with van der Waals surface area (Å²) in [5.74, 6) is 0.607. The molecule has 1 saturated carbocycles. The lowest BCUT2D eigenvalue weighted by Crippen LogP contribution is -2.43. The molecule has 106 valence electrons. The van der Waals surface area contributed by atoms with Crippen molar-refractivity contribution in [2.45, 2.75) is 51.2 Å². The summed E-state index contributed by atoms with van der Waals surface area (Å²) in [4.78, 5) is 4.29. The molecule has 1 aromatic heterocycles. The summed E-state index contributed by atoms with van der Waals surface area (Å²) in [6.45, 7) is 4.84. The number of anilines is 1. The van der Waals surface area contributed by atoms with E-state index in [4.69, 9.17) is 10.5 Å². The fourth-order valence-electron chi connectivity index (χ4n) is 3.31. The molecule has 0 aliphatic heterocycles. The number of nitrogens with two attached hydrogens (primary N) is 1. The minimum atomic E-state index is -0.132. The number of hydrogen-bond acceptors (Lipinski definition) is 4. The topological polar surface area (TPSA) is 60.2 Å². The zero-order valence-corrected chi connectivity index (χ0v) is 12.2. The summed E-state index contributed by atoms with van der Waals surface area (Å²) in [6, 6.07) is 2.24. The lowest BCUT2D eigenvalue weighted by Gasteiger charge is -2.38. The van der Waals surface area contributed by atoms with Crippen LogP contribution in [0.25, 0.3) is 0 Å². The normalized spacial score (nSPS) is 19.5. The average molecular weight is 263 g/mol. The van der Waals surface area contributed by atoms with E-state index in [1.54, 1.807) is 0 Å². The van der Waals surface area contributed by atoms with Crippen molar-refractivity contribution < 1.29 is 4.74 Å². The number of ether oxygens (including phenoxy) is 1. The van der Waals surface area contributed by atoms with Crippen LogP contribution >= 0.6 is 0 Å². The van der Waals surface area contributed by atoms with Crippen molar-refractivity contribution >= 4 is 5.82 Å². The molecule has 0 radical (unpaired) electrons. The van der Waals surface area contributed by atoms with Crippen LogP contribution in [0.2, 0.25) is 0 Å². The van der Waals surface area contributed by atoms with Crippen LogP contribution in [0.3, 0.4) is 0 Å². The number of rotatable bonds is 5. The van der Waals surface area contributed by atoms with Crippen LogP contribution in [0.4, 0.5) is 5.82 Å². The van der Waals surface area contributed by atoms with Gasteiger partial charge < -0.3 is 15.8 Å². The second-order valence-electron chi connectivity index (χ2n) is 5.41. The minimum Gasteiger partial charge on any atom is -0.383 e. The molecule has 0 aromatic carbocycles. The number of hydrogen-bond donors (Lipinski definition) is 2. The van der Waals surface area contributed by atoms with Gasteiger partial charge in [-0.2, -0.15) is 0 Å². The number of nitrogens with zero attached hydrogens (tertiary/aromatic N) is 1. The van der Waals surface area contributed by atoms with Gasteiger partial charge >= 0.3 is 0 Å². The summed E-state index contributed by atoms with van der Waals surface area (Å²) in [5.41, 5.74) is 8.15. The zero-order chi connectivity index (χ0) is 13.9. The standard InChI is InChI=1S/C15H25N3O/c1-4-19-15(7-5-6-8-15)13(17-3)12-9-11(2)10-18-14(12)16/h9-10,13,17H,4-8H2,1-3H3,(H2,16,18). The summed E-state index contributed by atoms with van der Waals surface area (Å²) in [6.07, 6.45) is 6.42. The van der Waals surface area contributed by atoms with Gasteiger partial charge in [0, 0.05) is 18.4 Å². The fourth-order valence-corrected chi connectivity index (χ4v) is 3.31. The Morgan fingerprint density at radius 1 is 1.47 bits per heavy atom. The molecule has 2 rings (SSSR count). The Kier molecular flexibility index (Phi) is 4.42. The largest absolute Gasteiger partial charge is 0.383 e. The monoisotopic (exact) mass is 263 g/mol. The van der Waals surface area contributed by atoms with Crippen molar-refractivity contribution in [3.63, 3.8) is 0 Å². The molecule has 1 heterocycles. The van der Waals surface area contributed by atoms with Crippen LogP contribution in [-0.2, 0) is 4.74 Å². The molecule has 4 nitrogen and oxygen atoms in total. The van der Waals surface area contributed by atoms with E-state index in [-0.39, 0.29) is 11.6 Å². The van der Waals surface area contributed by atoms with Crippen LogP contribution in [0.1, 0.15) is 49.8 Å². The van der Waals surface area contributed by atoms with Crippen LogP contribution in [0, 0.1) is 6.92 Å². The van der Waals surface area contributed by atoms with Gasteiger partial charge in [-0.1, -0.05) is 12.8 Å². The van der Waals surface area contributed by atoms with Gasteiger partial charge in [0.2, 0.25) is 0 Å². The lowest BCUT2D eigenvalue weighted by atomic mass is 9.86.